The molecular formula is C10H11ClN2O6. The number of halogens is 1. The molecule has 0 aliphatic heterocycles. The predicted octanol–water partition coefficient (Wildman–Crippen LogP) is 1.01. The second-order valence-corrected chi connectivity index (χ2v) is 3.95. The van der Waals surface area contributed by atoms with E-state index in [1.807, 2.05) is 0 Å². The van der Waals surface area contributed by atoms with Crippen LogP contribution in [0.15, 0.2) is 12.1 Å². The lowest BCUT2D eigenvalue weighted by atomic mass is 10.1. The largest absolute Gasteiger partial charge is 0.501 e. The molecule has 104 valence electrons. The summed E-state index contributed by atoms with van der Waals surface area (Å²) in [5.74, 6) is -2.46. The molecule has 1 aromatic rings. The predicted molar refractivity (Wildman–Crippen MR) is 66.9 cm³/mol. The van der Waals surface area contributed by atoms with Crippen LogP contribution in [0.2, 0.25) is 0 Å². The summed E-state index contributed by atoms with van der Waals surface area (Å²) in [6.45, 7) is -0.00944. The zero-order valence-electron chi connectivity index (χ0n) is 9.54. The fourth-order valence-electron chi connectivity index (χ4n) is 1.31. The number of nitro groups is 1. The number of aromatic hydroxyl groups is 1. The van der Waals surface area contributed by atoms with Gasteiger partial charge in [0.15, 0.2) is 0 Å². The molecule has 0 amide bonds. The number of rotatable bonds is 6. The Morgan fingerprint density at radius 1 is 1.53 bits per heavy atom. The van der Waals surface area contributed by atoms with Crippen LogP contribution in [0.3, 0.4) is 0 Å². The van der Waals surface area contributed by atoms with Crippen molar-refractivity contribution in [3.63, 3.8) is 0 Å². The number of nitrogens with one attached hydrogen (secondary N) is 1. The molecule has 0 spiro atoms. The van der Waals surface area contributed by atoms with Gasteiger partial charge in [-0.1, -0.05) is 0 Å². The lowest BCUT2D eigenvalue weighted by Crippen LogP contribution is -2.21. The van der Waals surface area contributed by atoms with Crippen LogP contribution >= 0.6 is 11.6 Å². The van der Waals surface area contributed by atoms with Crippen molar-refractivity contribution < 1.29 is 25.0 Å². The summed E-state index contributed by atoms with van der Waals surface area (Å²) >= 11 is 5.37. The number of carbonyl (C=O) groups is 1. The van der Waals surface area contributed by atoms with E-state index < -0.39 is 34.0 Å². The number of aliphatic hydroxyl groups excluding tert-OH is 1. The molecule has 0 bridgehead atoms. The average molecular weight is 291 g/mol. The molecule has 1 aromatic carbocycles. The monoisotopic (exact) mass is 290 g/mol. The molecular weight excluding hydrogens is 280 g/mol. The van der Waals surface area contributed by atoms with Crippen molar-refractivity contribution in [2.24, 2.45) is 0 Å². The maximum atomic E-state index is 10.9. The molecule has 0 aromatic heterocycles. The minimum absolute atomic E-state index is 0.00944. The number of carboxylic acids is 1. The van der Waals surface area contributed by atoms with Crippen LogP contribution in [0.25, 0.3) is 0 Å². The quantitative estimate of drug-likeness (QED) is 0.266. The second-order valence-electron chi connectivity index (χ2n) is 3.64. The molecule has 4 N–H and O–H groups in total. The molecule has 8 nitrogen and oxygen atoms in total. The Kier molecular flexibility index (Phi) is 4.90. The molecule has 0 fully saturated rings. The fourth-order valence-corrected chi connectivity index (χ4v) is 1.42. The van der Waals surface area contributed by atoms with Gasteiger partial charge in [-0.2, -0.15) is 0 Å². The summed E-state index contributed by atoms with van der Waals surface area (Å²) in [4.78, 5) is 20.7. The smallest absolute Gasteiger partial charge is 0.339 e. The molecule has 0 aliphatic carbocycles. The van der Waals surface area contributed by atoms with Crippen LogP contribution in [-0.2, 0) is 0 Å². The van der Waals surface area contributed by atoms with Crippen molar-refractivity contribution in [1.82, 2.24) is 0 Å². The number of nitro benzene ring substituents is 1. The first-order valence-electron chi connectivity index (χ1n) is 5.09. The Bertz CT molecular complexity index is 472. The topological polar surface area (TPSA) is 133 Å². The van der Waals surface area contributed by atoms with Crippen molar-refractivity contribution in [1.29, 1.82) is 0 Å². The first-order chi connectivity index (χ1) is 8.86. The van der Waals surface area contributed by atoms with E-state index in [0.29, 0.717) is 0 Å². The Morgan fingerprint density at radius 2 is 2.16 bits per heavy atom. The number of hydrogen-bond acceptors (Lipinski definition) is 6. The van der Waals surface area contributed by atoms with Crippen LogP contribution in [-0.4, -0.2) is 44.7 Å². The SMILES string of the molecule is O=C(O)c1cc(NCC(O)CCl)cc([N+](=O)[O-])c1O. The standard InChI is InChI=1S/C10H11ClN2O6/c11-3-6(14)4-12-5-1-7(10(16)17)9(15)8(2-5)13(18)19/h1-2,6,12,14-15H,3-4H2,(H,16,17). The number of hydrogen-bond donors (Lipinski definition) is 4. The summed E-state index contributed by atoms with van der Waals surface area (Å²) in [7, 11) is 0. The van der Waals surface area contributed by atoms with E-state index in [2.05, 4.69) is 5.32 Å². The number of carboxylic acid groups (broad SMARTS) is 1. The van der Waals surface area contributed by atoms with Gasteiger partial charge in [0.1, 0.15) is 5.56 Å². The van der Waals surface area contributed by atoms with Crippen molar-refractivity contribution in [3.05, 3.63) is 27.8 Å². The van der Waals surface area contributed by atoms with Crippen molar-refractivity contribution in [2.75, 3.05) is 17.7 Å². The highest BCUT2D eigenvalue weighted by Crippen LogP contribution is 2.33. The number of alkyl halides is 1. The summed E-state index contributed by atoms with van der Waals surface area (Å²) in [6, 6.07) is 2.01. The van der Waals surface area contributed by atoms with Crippen LogP contribution < -0.4 is 5.32 Å². The molecule has 0 heterocycles. The highest BCUT2D eigenvalue weighted by atomic mass is 35.5. The summed E-state index contributed by atoms with van der Waals surface area (Å²) in [5.41, 5.74) is -1.24. The zero-order chi connectivity index (χ0) is 14.6. The van der Waals surface area contributed by atoms with Crippen LogP contribution in [0.4, 0.5) is 11.4 Å². The average Bonchev–Trinajstić information content (AvgIpc) is 2.36. The number of aliphatic hydroxyl groups is 1. The van der Waals surface area contributed by atoms with Crippen molar-refractivity contribution in [2.45, 2.75) is 6.10 Å². The molecule has 0 saturated heterocycles. The van der Waals surface area contributed by atoms with Gasteiger partial charge in [-0.25, -0.2) is 4.79 Å². The van der Waals surface area contributed by atoms with Gasteiger partial charge in [0.2, 0.25) is 5.75 Å². The molecule has 0 saturated carbocycles. The van der Waals surface area contributed by atoms with Gasteiger partial charge >= 0.3 is 11.7 Å². The van der Waals surface area contributed by atoms with Gasteiger partial charge < -0.3 is 20.6 Å². The first kappa shape index (κ1) is 15.0. The fraction of sp³-hybridized carbons (Fsp3) is 0.300. The number of benzene rings is 1. The van der Waals surface area contributed by atoms with E-state index in [0.717, 1.165) is 12.1 Å². The van der Waals surface area contributed by atoms with Gasteiger partial charge in [0.05, 0.1) is 16.9 Å². The Balaban J connectivity index is 3.12. The number of anilines is 1. The molecule has 0 aliphatic rings. The Hall–Kier alpha value is -2.06. The Morgan fingerprint density at radius 3 is 2.63 bits per heavy atom. The van der Waals surface area contributed by atoms with E-state index in [-0.39, 0.29) is 18.1 Å². The number of nitrogens with zero attached hydrogens (tertiary/aromatic N) is 1. The van der Waals surface area contributed by atoms with E-state index >= 15 is 0 Å². The number of aromatic carboxylic acids is 1. The lowest BCUT2D eigenvalue weighted by molar-refractivity contribution is -0.385. The van der Waals surface area contributed by atoms with E-state index in [1.54, 1.807) is 0 Å². The molecule has 1 atom stereocenters. The third kappa shape index (κ3) is 3.70. The summed E-state index contributed by atoms with van der Waals surface area (Å²) in [5, 5.41) is 40.8. The maximum Gasteiger partial charge on any atom is 0.339 e. The molecule has 1 rings (SSSR count). The highest BCUT2D eigenvalue weighted by Gasteiger charge is 2.23. The minimum atomic E-state index is -1.50. The molecule has 1 unspecified atom stereocenters. The summed E-state index contributed by atoms with van der Waals surface area (Å²) < 4.78 is 0. The van der Waals surface area contributed by atoms with Gasteiger partial charge in [-0.3, -0.25) is 10.1 Å². The lowest BCUT2D eigenvalue weighted by Gasteiger charge is -2.11. The first-order valence-corrected chi connectivity index (χ1v) is 5.62. The normalized spacial score (nSPS) is 11.9. The Labute approximate surface area is 112 Å². The van der Waals surface area contributed by atoms with E-state index in [4.69, 9.17) is 16.7 Å². The second kappa shape index (κ2) is 6.21. The van der Waals surface area contributed by atoms with Gasteiger partial charge in [-0.05, 0) is 6.07 Å². The van der Waals surface area contributed by atoms with Gasteiger partial charge in [0, 0.05) is 18.3 Å². The van der Waals surface area contributed by atoms with Crippen molar-refractivity contribution in [3.8, 4) is 5.75 Å². The van der Waals surface area contributed by atoms with E-state index in [1.165, 1.54) is 0 Å². The zero-order valence-corrected chi connectivity index (χ0v) is 10.3. The third-order valence-electron chi connectivity index (χ3n) is 2.24. The molecule has 9 heteroatoms. The number of phenols is 1. The molecule has 0 radical (unpaired) electrons. The van der Waals surface area contributed by atoms with Crippen LogP contribution in [0, 0.1) is 10.1 Å². The van der Waals surface area contributed by atoms with Crippen LogP contribution in [0.5, 0.6) is 5.75 Å². The summed E-state index contributed by atoms with van der Waals surface area (Å²) in [6.07, 6.45) is -0.886. The highest BCUT2D eigenvalue weighted by molar-refractivity contribution is 6.18. The van der Waals surface area contributed by atoms with Gasteiger partial charge in [0.25, 0.3) is 0 Å². The van der Waals surface area contributed by atoms with E-state index in [9.17, 15) is 25.1 Å². The minimum Gasteiger partial charge on any atom is -0.501 e. The van der Waals surface area contributed by atoms with Crippen molar-refractivity contribution >= 4 is 28.9 Å². The van der Waals surface area contributed by atoms with Gasteiger partial charge in [-0.15, -0.1) is 11.6 Å². The molecule has 19 heavy (non-hydrogen) atoms. The maximum absolute atomic E-state index is 10.9. The third-order valence-corrected chi connectivity index (χ3v) is 2.59. The van der Waals surface area contributed by atoms with Crippen LogP contribution in [0.1, 0.15) is 10.4 Å².